The van der Waals surface area contributed by atoms with Crippen LogP contribution < -0.4 is 10.6 Å². The minimum Gasteiger partial charge on any atom is -0.369 e. The summed E-state index contributed by atoms with van der Waals surface area (Å²) < 4.78 is 63.3. The standard InChI is InChI=1S/C12H14F5N3/c13-11(14)3-4-18-9(5-11)7-20-10-2-1-8(6-19-10)12(15,16)17/h1-2,6,9,18H,3-5,7H2,(H,19,20). The van der Waals surface area contributed by atoms with E-state index >= 15 is 0 Å². The van der Waals surface area contributed by atoms with E-state index in [-0.39, 0.29) is 31.7 Å². The average molecular weight is 295 g/mol. The molecular formula is C12H14F5N3. The number of alkyl halides is 5. The molecule has 8 heteroatoms. The van der Waals surface area contributed by atoms with Crippen LogP contribution in [-0.2, 0) is 6.18 Å². The molecule has 0 bridgehead atoms. The lowest BCUT2D eigenvalue weighted by atomic mass is 10.0. The van der Waals surface area contributed by atoms with E-state index in [4.69, 9.17) is 0 Å². The number of piperidine rings is 1. The first kappa shape index (κ1) is 15.0. The van der Waals surface area contributed by atoms with Gasteiger partial charge in [0.2, 0.25) is 0 Å². The molecule has 1 aromatic rings. The number of pyridine rings is 1. The van der Waals surface area contributed by atoms with Gasteiger partial charge < -0.3 is 10.6 Å². The summed E-state index contributed by atoms with van der Waals surface area (Å²) in [5, 5.41) is 5.69. The topological polar surface area (TPSA) is 37.0 Å². The van der Waals surface area contributed by atoms with Crippen LogP contribution in [0.15, 0.2) is 18.3 Å². The van der Waals surface area contributed by atoms with E-state index in [0.29, 0.717) is 6.20 Å². The Morgan fingerprint density at radius 1 is 1.35 bits per heavy atom. The summed E-state index contributed by atoms with van der Waals surface area (Å²) in [6.07, 6.45) is -4.20. The van der Waals surface area contributed by atoms with E-state index in [1.165, 1.54) is 6.07 Å². The Labute approximate surface area is 112 Å². The minimum atomic E-state index is -4.43. The van der Waals surface area contributed by atoms with Crippen molar-refractivity contribution in [2.45, 2.75) is 31.0 Å². The van der Waals surface area contributed by atoms with Gasteiger partial charge in [-0.2, -0.15) is 13.2 Å². The van der Waals surface area contributed by atoms with Crippen molar-refractivity contribution in [2.75, 3.05) is 18.4 Å². The van der Waals surface area contributed by atoms with E-state index in [1.54, 1.807) is 0 Å². The molecule has 0 radical (unpaired) electrons. The summed E-state index contributed by atoms with van der Waals surface area (Å²) >= 11 is 0. The summed E-state index contributed by atoms with van der Waals surface area (Å²) in [5.41, 5.74) is -0.842. The normalized spacial score (nSPS) is 22.6. The molecule has 3 nitrogen and oxygen atoms in total. The van der Waals surface area contributed by atoms with Gasteiger partial charge >= 0.3 is 6.18 Å². The van der Waals surface area contributed by atoms with Crippen LogP contribution in [0.4, 0.5) is 27.8 Å². The molecule has 0 amide bonds. The number of hydrogen-bond donors (Lipinski definition) is 2. The van der Waals surface area contributed by atoms with E-state index in [2.05, 4.69) is 15.6 Å². The van der Waals surface area contributed by atoms with E-state index in [0.717, 1.165) is 6.07 Å². The maximum Gasteiger partial charge on any atom is 0.417 e. The summed E-state index contributed by atoms with van der Waals surface area (Å²) in [5.74, 6) is -2.46. The van der Waals surface area contributed by atoms with Gasteiger partial charge in [-0.25, -0.2) is 13.8 Å². The van der Waals surface area contributed by atoms with Crippen molar-refractivity contribution in [1.82, 2.24) is 10.3 Å². The first-order chi connectivity index (χ1) is 9.26. The second-order valence-electron chi connectivity index (χ2n) is 4.77. The Bertz CT molecular complexity index is 443. The van der Waals surface area contributed by atoms with Crippen LogP contribution in [0.5, 0.6) is 0 Å². The van der Waals surface area contributed by atoms with Gasteiger partial charge in [-0.05, 0) is 12.1 Å². The molecule has 1 aromatic heterocycles. The monoisotopic (exact) mass is 295 g/mol. The fourth-order valence-corrected chi connectivity index (χ4v) is 2.03. The molecule has 2 heterocycles. The number of nitrogens with zero attached hydrogens (tertiary/aromatic N) is 1. The van der Waals surface area contributed by atoms with Crippen molar-refractivity contribution in [3.63, 3.8) is 0 Å². The van der Waals surface area contributed by atoms with E-state index < -0.39 is 23.7 Å². The highest BCUT2D eigenvalue weighted by molar-refractivity contribution is 5.36. The Morgan fingerprint density at radius 3 is 2.65 bits per heavy atom. The van der Waals surface area contributed by atoms with Crippen LogP contribution in [0.25, 0.3) is 0 Å². The van der Waals surface area contributed by atoms with E-state index in [1.807, 2.05) is 0 Å². The predicted molar refractivity (Wildman–Crippen MR) is 63.7 cm³/mol. The minimum absolute atomic E-state index is 0.188. The van der Waals surface area contributed by atoms with Crippen molar-refractivity contribution in [3.05, 3.63) is 23.9 Å². The molecule has 0 aromatic carbocycles. The highest BCUT2D eigenvalue weighted by atomic mass is 19.4. The summed E-state index contributed by atoms with van der Waals surface area (Å²) in [7, 11) is 0. The largest absolute Gasteiger partial charge is 0.417 e. The summed E-state index contributed by atoms with van der Waals surface area (Å²) in [6.45, 7) is 0.410. The Hall–Kier alpha value is -1.44. The molecule has 1 fully saturated rings. The lowest BCUT2D eigenvalue weighted by Crippen LogP contribution is -2.47. The smallest absolute Gasteiger partial charge is 0.369 e. The fourth-order valence-electron chi connectivity index (χ4n) is 2.03. The first-order valence-electron chi connectivity index (χ1n) is 6.15. The van der Waals surface area contributed by atoms with Gasteiger partial charge in [-0.15, -0.1) is 0 Å². The summed E-state index contributed by atoms with van der Waals surface area (Å²) in [4.78, 5) is 3.62. The van der Waals surface area contributed by atoms with Gasteiger partial charge in [0.05, 0.1) is 5.56 Å². The molecule has 0 aliphatic carbocycles. The molecule has 1 aliphatic heterocycles. The lowest BCUT2D eigenvalue weighted by molar-refractivity contribution is -0.137. The molecule has 1 unspecified atom stereocenters. The van der Waals surface area contributed by atoms with Crippen LogP contribution in [0.3, 0.4) is 0 Å². The zero-order valence-corrected chi connectivity index (χ0v) is 10.5. The molecule has 112 valence electrons. The number of aromatic nitrogens is 1. The van der Waals surface area contributed by atoms with Crippen molar-refractivity contribution in [1.29, 1.82) is 0 Å². The van der Waals surface area contributed by atoms with Crippen LogP contribution in [0.1, 0.15) is 18.4 Å². The molecule has 2 rings (SSSR count). The predicted octanol–water partition coefficient (Wildman–Crippen LogP) is 2.90. The number of rotatable bonds is 3. The summed E-state index contributed by atoms with van der Waals surface area (Å²) in [6, 6.07) is 1.66. The molecule has 0 spiro atoms. The molecule has 20 heavy (non-hydrogen) atoms. The van der Waals surface area contributed by atoms with Gasteiger partial charge in [0, 0.05) is 38.2 Å². The molecule has 1 atom stereocenters. The molecule has 1 saturated heterocycles. The van der Waals surface area contributed by atoms with Crippen molar-refractivity contribution >= 4 is 5.82 Å². The lowest BCUT2D eigenvalue weighted by Gasteiger charge is -2.30. The molecule has 1 aliphatic rings. The second kappa shape index (κ2) is 5.51. The number of halogens is 5. The fraction of sp³-hybridized carbons (Fsp3) is 0.583. The third-order valence-corrected chi connectivity index (χ3v) is 3.09. The Morgan fingerprint density at radius 2 is 2.10 bits per heavy atom. The SMILES string of the molecule is FC1(F)CCNC(CNc2ccc(C(F)(F)F)cn2)C1. The van der Waals surface area contributed by atoms with Crippen molar-refractivity contribution < 1.29 is 22.0 Å². The Kier molecular flexibility index (Phi) is 4.12. The van der Waals surface area contributed by atoms with Crippen molar-refractivity contribution in [2.24, 2.45) is 0 Å². The zero-order valence-electron chi connectivity index (χ0n) is 10.5. The molecule has 2 N–H and O–H groups in total. The first-order valence-corrected chi connectivity index (χ1v) is 6.15. The van der Waals surface area contributed by atoms with Gasteiger partial charge in [0.15, 0.2) is 0 Å². The quantitative estimate of drug-likeness (QED) is 0.842. The second-order valence-corrected chi connectivity index (χ2v) is 4.77. The molecular weight excluding hydrogens is 281 g/mol. The third-order valence-electron chi connectivity index (χ3n) is 3.09. The Balaban J connectivity index is 1.88. The number of anilines is 1. The van der Waals surface area contributed by atoms with Gasteiger partial charge in [-0.1, -0.05) is 0 Å². The highest BCUT2D eigenvalue weighted by Gasteiger charge is 2.36. The number of hydrogen-bond acceptors (Lipinski definition) is 3. The average Bonchev–Trinajstić information content (AvgIpc) is 2.35. The van der Waals surface area contributed by atoms with Crippen LogP contribution in [0, 0.1) is 0 Å². The maximum absolute atomic E-state index is 13.2. The van der Waals surface area contributed by atoms with Crippen LogP contribution in [-0.4, -0.2) is 30.0 Å². The van der Waals surface area contributed by atoms with Crippen LogP contribution in [0.2, 0.25) is 0 Å². The number of nitrogens with one attached hydrogen (secondary N) is 2. The van der Waals surface area contributed by atoms with Gasteiger partial charge in [0.1, 0.15) is 5.82 Å². The van der Waals surface area contributed by atoms with Gasteiger partial charge in [0.25, 0.3) is 5.92 Å². The zero-order chi connectivity index (χ0) is 14.8. The maximum atomic E-state index is 13.2. The third kappa shape index (κ3) is 4.03. The highest BCUT2D eigenvalue weighted by Crippen LogP contribution is 2.29. The van der Waals surface area contributed by atoms with E-state index in [9.17, 15) is 22.0 Å². The van der Waals surface area contributed by atoms with Gasteiger partial charge in [-0.3, -0.25) is 0 Å². The van der Waals surface area contributed by atoms with Crippen LogP contribution >= 0.6 is 0 Å². The molecule has 0 saturated carbocycles. The van der Waals surface area contributed by atoms with Crippen molar-refractivity contribution in [3.8, 4) is 0 Å².